The smallest absolute Gasteiger partial charge is 0.150 e. The molecule has 0 atom stereocenters. The predicted molar refractivity (Wildman–Crippen MR) is 145 cm³/mol. The van der Waals surface area contributed by atoms with Crippen LogP contribution in [0.5, 0.6) is 0 Å². The Morgan fingerprint density at radius 2 is 1.81 bits per heavy atom. The zero-order chi connectivity index (χ0) is 24.8. The van der Waals surface area contributed by atoms with Crippen molar-refractivity contribution in [2.24, 2.45) is 7.05 Å². The number of aryl methyl sites for hydroxylation is 3. The van der Waals surface area contributed by atoms with E-state index in [4.69, 9.17) is 11.5 Å². The summed E-state index contributed by atoms with van der Waals surface area (Å²) in [5.74, 6) is 0.908. The number of fused-ring (bicyclic) bond motifs is 2. The van der Waals surface area contributed by atoms with Crippen LogP contribution < -0.4 is 11.5 Å². The molecule has 0 fully saturated rings. The molecule has 9 nitrogen and oxygen atoms in total. The van der Waals surface area contributed by atoms with E-state index in [9.17, 15) is 0 Å². The van der Waals surface area contributed by atoms with Crippen molar-refractivity contribution >= 4 is 49.5 Å². The van der Waals surface area contributed by atoms with Crippen LogP contribution in [-0.4, -0.2) is 34.3 Å². The fraction of sp³-hybridized carbons (Fsp3) is 0.115. The van der Waals surface area contributed by atoms with Gasteiger partial charge in [-0.15, -0.1) is 0 Å². The average molecular weight is 540 g/mol. The van der Waals surface area contributed by atoms with E-state index in [0.717, 1.165) is 56.1 Å². The van der Waals surface area contributed by atoms with Crippen LogP contribution in [0.25, 0.3) is 38.9 Å². The van der Waals surface area contributed by atoms with Crippen LogP contribution in [-0.2, 0) is 19.9 Å². The molecule has 6 aromatic rings. The molecule has 4 N–H and O–H groups in total. The zero-order valence-electron chi connectivity index (χ0n) is 19.4. The minimum Gasteiger partial charge on any atom is -0.383 e. The Morgan fingerprint density at radius 3 is 2.64 bits per heavy atom. The lowest BCUT2D eigenvalue weighted by Gasteiger charge is -2.08. The molecule has 0 bridgehead atoms. The summed E-state index contributed by atoms with van der Waals surface area (Å²) in [6.07, 6.45) is 10.8. The normalized spacial score (nSPS) is 11.5. The third-order valence-electron chi connectivity index (χ3n) is 6.23. The van der Waals surface area contributed by atoms with E-state index in [-0.39, 0.29) is 0 Å². The summed E-state index contributed by atoms with van der Waals surface area (Å²) in [4.78, 5) is 17.7. The first-order valence-electron chi connectivity index (χ1n) is 11.4. The number of hydrogen-bond donors (Lipinski definition) is 2. The van der Waals surface area contributed by atoms with E-state index in [1.54, 1.807) is 4.68 Å². The molecule has 0 spiro atoms. The molecule has 0 unspecified atom stereocenters. The topological polar surface area (TPSA) is 126 Å². The van der Waals surface area contributed by atoms with E-state index in [0.29, 0.717) is 17.3 Å². The van der Waals surface area contributed by atoms with E-state index in [2.05, 4.69) is 65.2 Å². The van der Waals surface area contributed by atoms with Gasteiger partial charge in [0, 0.05) is 36.6 Å². The van der Waals surface area contributed by atoms with E-state index >= 15 is 0 Å². The molecule has 6 rings (SSSR count). The van der Waals surface area contributed by atoms with Crippen LogP contribution in [0.3, 0.4) is 0 Å². The first-order chi connectivity index (χ1) is 17.5. The summed E-state index contributed by atoms with van der Waals surface area (Å²) in [7, 11) is 1.88. The highest BCUT2D eigenvalue weighted by atomic mass is 79.9. The lowest BCUT2D eigenvalue weighted by Crippen LogP contribution is -1.99. The summed E-state index contributed by atoms with van der Waals surface area (Å²) < 4.78 is 4.56. The zero-order valence-corrected chi connectivity index (χ0v) is 21.0. The maximum Gasteiger partial charge on any atom is 0.150 e. The Balaban J connectivity index is 1.33. The third-order valence-corrected chi connectivity index (χ3v) is 6.86. The number of nitrogen functional groups attached to an aromatic ring is 2. The Labute approximate surface area is 215 Å². The van der Waals surface area contributed by atoms with Gasteiger partial charge in [-0.05, 0) is 64.2 Å². The van der Waals surface area contributed by atoms with Gasteiger partial charge in [-0.2, -0.15) is 5.10 Å². The number of rotatable bonds is 5. The van der Waals surface area contributed by atoms with Crippen molar-refractivity contribution in [3.63, 3.8) is 0 Å². The first-order valence-corrected chi connectivity index (χ1v) is 12.2. The molecule has 178 valence electrons. The van der Waals surface area contributed by atoms with Crippen LogP contribution in [0.15, 0.2) is 72.0 Å². The molecule has 0 saturated heterocycles. The van der Waals surface area contributed by atoms with E-state index < -0.39 is 0 Å². The molecular formula is C26H22BrN9. The van der Waals surface area contributed by atoms with Crippen molar-refractivity contribution < 1.29 is 0 Å². The monoisotopic (exact) mass is 539 g/mol. The van der Waals surface area contributed by atoms with Crippen LogP contribution in [0.4, 0.5) is 11.6 Å². The Hall–Kier alpha value is -4.31. The quantitative estimate of drug-likeness (QED) is 0.330. The van der Waals surface area contributed by atoms with E-state index in [1.165, 1.54) is 11.9 Å². The maximum atomic E-state index is 6.26. The van der Waals surface area contributed by atoms with Gasteiger partial charge in [0.2, 0.25) is 0 Å². The second-order valence-electron chi connectivity index (χ2n) is 8.68. The molecule has 0 aliphatic carbocycles. The second-order valence-corrected chi connectivity index (χ2v) is 9.53. The Kier molecular flexibility index (Phi) is 5.37. The summed E-state index contributed by atoms with van der Waals surface area (Å²) in [6, 6.07) is 12.4. The SMILES string of the molecule is Cn1ccc(-c2cn(-c3cncc(CCc4ccc5cc(Br)c(N)nc5c4)c3)c3ncnc(N)c23)n1. The molecule has 0 aliphatic heterocycles. The number of anilines is 2. The van der Waals surface area contributed by atoms with Gasteiger partial charge in [0.25, 0.3) is 0 Å². The fourth-order valence-electron chi connectivity index (χ4n) is 4.42. The molecule has 0 aliphatic rings. The molecule has 0 saturated carbocycles. The van der Waals surface area contributed by atoms with Gasteiger partial charge >= 0.3 is 0 Å². The van der Waals surface area contributed by atoms with Gasteiger partial charge in [0.1, 0.15) is 18.0 Å². The summed E-state index contributed by atoms with van der Waals surface area (Å²) >= 11 is 3.44. The fourth-order valence-corrected chi connectivity index (χ4v) is 4.76. The minimum absolute atomic E-state index is 0.418. The van der Waals surface area contributed by atoms with Crippen LogP contribution in [0.2, 0.25) is 0 Å². The van der Waals surface area contributed by atoms with Gasteiger partial charge in [-0.25, -0.2) is 15.0 Å². The highest BCUT2D eigenvalue weighted by Gasteiger charge is 2.18. The van der Waals surface area contributed by atoms with Crippen molar-refractivity contribution in [2.45, 2.75) is 12.8 Å². The predicted octanol–water partition coefficient (Wildman–Crippen LogP) is 4.48. The van der Waals surface area contributed by atoms with Crippen molar-refractivity contribution in [1.29, 1.82) is 0 Å². The number of nitrogens with two attached hydrogens (primary N) is 2. The van der Waals surface area contributed by atoms with Crippen molar-refractivity contribution in [3.05, 3.63) is 83.1 Å². The van der Waals surface area contributed by atoms with Gasteiger partial charge in [0.05, 0.1) is 33.0 Å². The molecule has 0 amide bonds. The molecule has 5 heterocycles. The highest BCUT2D eigenvalue weighted by molar-refractivity contribution is 9.10. The average Bonchev–Trinajstić information content (AvgIpc) is 3.48. The van der Waals surface area contributed by atoms with Gasteiger partial charge in [0.15, 0.2) is 5.65 Å². The molecule has 1 aromatic carbocycles. The molecule has 5 aromatic heterocycles. The molecule has 36 heavy (non-hydrogen) atoms. The third kappa shape index (κ3) is 3.95. The number of benzene rings is 1. The second kappa shape index (κ2) is 8.72. The Morgan fingerprint density at radius 1 is 0.944 bits per heavy atom. The van der Waals surface area contributed by atoms with Crippen molar-refractivity contribution in [3.8, 4) is 16.9 Å². The van der Waals surface area contributed by atoms with Crippen LogP contribution >= 0.6 is 15.9 Å². The summed E-state index contributed by atoms with van der Waals surface area (Å²) in [5.41, 5.74) is 18.7. The largest absolute Gasteiger partial charge is 0.383 e. The lowest BCUT2D eigenvalue weighted by atomic mass is 10.0. The van der Waals surface area contributed by atoms with E-state index in [1.807, 2.05) is 48.5 Å². The number of halogens is 1. The van der Waals surface area contributed by atoms with Gasteiger partial charge in [-0.3, -0.25) is 14.2 Å². The number of aromatic nitrogens is 7. The maximum absolute atomic E-state index is 6.26. The minimum atomic E-state index is 0.418. The number of pyridine rings is 2. The molecule has 10 heteroatoms. The van der Waals surface area contributed by atoms with Gasteiger partial charge < -0.3 is 11.5 Å². The lowest BCUT2D eigenvalue weighted by molar-refractivity contribution is 0.771. The first kappa shape index (κ1) is 22.2. The van der Waals surface area contributed by atoms with Gasteiger partial charge in [-0.1, -0.05) is 12.1 Å². The summed E-state index contributed by atoms with van der Waals surface area (Å²) in [5, 5.41) is 6.38. The highest BCUT2D eigenvalue weighted by Crippen LogP contribution is 2.33. The van der Waals surface area contributed by atoms with Crippen molar-refractivity contribution in [2.75, 3.05) is 11.5 Å². The molecular weight excluding hydrogens is 518 g/mol. The summed E-state index contributed by atoms with van der Waals surface area (Å²) in [6.45, 7) is 0. The number of nitrogens with zero attached hydrogens (tertiary/aromatic N) is 7. The van der Waals surface area contributed by atoms with Crippen LogP contribution in [0.1, 0.15) is 11.1 Å². The Bertz CT molecular complexity index is 1750. The molecule has 0 radical (unpaired) electrons. The van der Waals surface area contributed by atoms with Crippen LogP contribution in [0, 0.1) is 0 Å². The number of hydrogen-bond acceptors (Lipinski definition) is 7. The standard InChI is InChI=1S/C26H22BrN9/c1-35-7-6-21(34-35)19-13-36(26-23(19)25(29)31-14-32-26)18-8-16(11-30-12-18)3-2-15-4-5-17-10-20(27)24(28)33-22(17)9-15/h4-14H,2-3H2,1H3,(H2,28,33)(H2,29,31,32). The van der Waals surface area contributed by atoms with Crippen molar-refractivity contribution in [1.82, 2.24) is 34.3 Å².